The van der Waals surface area contributed by atoms with Crippen LogP contribution in [0.5, 0.6) is 0 Å². The number of rotatable bonds is 2. The molecule has 4 aromatic rings. The number of nitrogens with zero attached hydrogens (tertiary/aromatic N) is 3. The maximum atomic E-state index is 13.6. The SMILES string of the molecule is N#Cc1ccc(C(=O)N2Cc3ccccc3-n3cccc3[C@@H]2c2cccs2)cc1. The van der Waals surface area contributed by atoms with Crippen LogP contribution in [0.4, 0.5) is 0 Å². The molecule has 0 N–H and O–H groups in total. The average molecular weight is 395 g/mol. The normalized spacial score (nSPS) is 15.1. The predicted octanol–water partition coefficient (Wildman–Crippen LogP) is 5.16. The first kappa shape index (κ1) is 17.5. The highest BCUT2D eigenvalue weighted by Gasteiger charge is 2.33. The highest BCUT2D eigenvalue weighted by atomic mass is 32.1. The molecule has 2 aromatic heterocycles. The van der Waals surface area contributed by atoms with Gasteiger partial charge in [0.05, 0.1) is 23.0 Å². The molecule has 140 valence electrons. The molecule has 5 heteroatoms. The van der Waals surface area contributed by atoms with Crippen molar-refractivity contribution in [3.63, 3.8) is 0 Å². The number of carbonyl (C=O) groups excluding carboxylic acids is 1. The fourth-order valence-corrected chi connectivity index (χ4v) is 4.79. The molecule has 3 heterocycles. The number of amides is 1. The number of nitriles is 1. The maximum absolute atomic E-state index is 13.6. The highest BCUT2D eigenvalue weighted by Crippen LogP contribution is 2.38. The summed E-state index contributed by atoms with van der Waals surface area (Å²) in [5.41, 5.74) is 4.41. The molecule has 2 aromatic carbocycles. The minimum atomic E-state index is -0.180. The molecule has 0 fully saturated rings. The maximum Gasteiger partial charge on any atom is 0.255 e. The van der Waals surface area contributed by atoms with Crippen molar-refractivity contribution in [2.24, 2.45) is 0 Å². The molecule has 0 saturated carbocycles. The minimum Gasteiger partial charge on any atom is -0.321 e. The molecule has 0 aliphatic carbocycles. The van der Waals surface area contributed by atoms with Gasteiger partial charge in [-0.25, -0.2) is 0 Å². The molecule has 29 heavy (non-hydrogen) atoms. The second-order valence-corrected chi connectivity index (χ2v) is 7.95. The van der Waals surface area contributed by atoms with E-state index in [1.807, 2.05) is 34.5 Å². The number of fused-ring (bicyclic) bond motifs is 3. The number of aromatic nitrogens is 1. The molecule has 0 saturated heterocycles. The lowest BCUT2D eigenvalue weighted by Crippen LogP contribution is -2.34. The average Bonchev–Trinajstić information content (AvgIpc) is 3.44. The van der Waals surface area contributed by atoms with E-state index in [0.29, 0.717) is 17.7 Å². The van der Waals surface area contributed by atoms with Crippen molar-refractivity contribution in [3.8, 4) is 11.8 Å². The van der Waals surface area contributed by atoms with Gasteiger partial charge in [0.15, 0.2) is 0 Å². The lowest BCUT2D eigenvalue weighted by molar-refractivity contribution is 0.0693. The van der Waals surface area contributed by atoms with Crippen molar-refractivity contribution in [1.29, 1.82) is 5.26 Å². The summed E-state index contributed by atoms with van der Waals surface area (Å²) in [5.74, 6) is -0.0441. The quantitative estimate of drug-likeness (QED) is 0.471. The number of benzene rings is 2. The molecule has 0 bridgehead atoms. The first-order valence-electron chi connectivity index (χ1n) is 9.36. The third-order valence-corrected chi connectivity index (χ3v) is 6.22. The van der Waals surface area contributed by atoms with E-state index in [1.165, 1.54) is 0 Å². The monoisotopic (exact) mass is 395 g/mol. The van der Waals surface area contributed by atoms with Crippen molar-refractivity contribution in [2.75, 3.05) is 0 Å². The van der Waals surface area contributed by atoms with E-state index in [9.17, 15) is 4.79 Å². The summed E-state index contributed by atoms with van der Waals surface area (Å²) < 4.78 is 2.19. The molecular weight excluding hydrogens is 378 g/mol. The topological polar surface area (TPSA) is 49.0 Å². The second kappa shape index (κ2) is 7.08. The molecule has 1 aliphatic heterocycles. The molecule has 4 nitrogen and oxygen atoms in total. The Balaban J connectivity index is 1.68. The van der Waals surface area contributed by atoms with Gasteiger partial charge in [0.25, 0.3) is 5.91 Å². The number of thiophene rings is 1. The van der Waals surface area contributed by atoms with E-state index in [2.05, 4.69) is 41.1 Å². The fourth-order valence-electron chi connectivity index (χ4n) is 3.94. The van der Waals surface area contributed by atoms with Gasteiger partial charge in [-0.1, -0.05) is 24.3 Å². The Bertz CT molecular complexity index is 1220. The number of para-hydroxylation sites is 1. The van der Waals surface area contributed by atoms with Crippen LogP contribution < -0.4 is 0 Å². The van der Waals surface area contributed by atoms with E-state index >= 15 is 0 Å². The van der Waals surface area contributed by atoms with E-state index < -0.39 is 0 Å². The summed E-state index contributed by atoms with van der Waals surface area (Å²) in [7, 11) is 0. The summed E-state index contributed by atoms with van der Waals surface area (Å²) in [6.45, 7) is 0.513. The van der Waals surface area contributed by atoms with Crippen molar-refractivity contribution < 1.29 is 4.79 Å². The lowest BCUT2D eigenvalue weighted by Gasteiger charge is -2.30. The van der Waals surface area contributed by atoms with Gasteiger partial charge < -0.3 is 9.47 Å². The van der Waals surface area contributed by atoms with Crippen LogP contribution in [0.25, 0.3) is 5.69 Å². The third kappa shape index (κ3) is 2.95. The van der Waals surface area contributed by atoms with Crippen molar-refractivity contribution in [1.82, 2.24) is 9.47 Å². The van der Waals surface area contributed by atoms with E-state index in [-0.39, 0.29) is 11.9 Å². The number of hydrogen-bond acceptors (Lipinski definition) is 3. The Kier molecular flexibility index (Phi) is 4.27. The van der Waals surface area contributed by atoms with Crippen LogP contribution in [0.1, 0.15) is 38.1 Å². The number of hydrogen-bond donors (Lipinski definition) is 0. The van der Waals surface area contributed by atoms with Gasteiger partial charge in [-0.2, -0.15) is 5.26 Å². The molecule has 0 unspecified atom stereocenters. The van der Waals surface area contributed by atoms with Gasteiger partial charge in [-0.3, -0.25) is 4.79 Å². The minimum absolute atomic E-state index is 0.0441. The summed E-state index contributed by atoms with van der Waals surface area (Å²) in [4.78, 5) is 16.7. The van der Waals surface area contributed by atoms with Crippen LogP contribution in [0.15, 0.2) is 84.4 Å². The Morgan fingerprint density at radius 2 is 1.83 bits per heavy atom. The molecule has 5 rings (SSSR count). The molecular formula is C24H17N3OS. The summed E-state index contributed by atoms with van der Waals surface area (Å²) in [5, 5.41) is 11.1. The van der Waals surface area contributed by atoms with E-state index in [4.69, 9.17) is 5.26 Å². The van der Waals surface area contributed by atoms with Crippen LogP contribution in [0.3, 0.4) is 0 Å². The van der Waals surface area contributed by atoms with Gasteiger partial charge in [0.1, 0.15) is 6.04 Å². The zero-order chi connectivity index (χ0) is 19.8. The Hall–Kier alpha value is -3.62. The summed E-state index contributed by atoms with van der Waals surface area (Å²) in [6, 6.07) is 25.2. The van der Waals surface area contributed by atoms with Crippen molar-refractivity contribution >= 4 is 17.2 Å². The third-order valence-electron chi connectivity index (χ3n) is 5.30. The van der Waals surface area contributed by atoms with Gasteiger partial charge in [0, 0.05) is 23.2 Å². The van der Waals surface area contributed by atoms with Gasteiger partial charge in [0.2, 0.25) is 0 Å². The Morgan fingerprint density at radius 3 is 2.59 bits per heavy atom. The van der Waals surface area contributed by atoms with Crippen LogP contribution in [-0.2, 0) is 6.54 Å². The molecule has 0 radical (unpaired) electrons. The summed E-state index contributed by atoms with van der Waals surface area (Å²) >= 11 is 1.66. The molecule has 1 atom stereocenters. The zero-order valence-corrected chi connectivity index (χ0v) is 16.3. The largest absolute Gasteiger partial charge is 0.321 e. The molecule has 0 spiro atoms. The molecule has 1 amide bonds. The standard InChI is InChI=1S/C24H17N3OS/c25-15-17-9-11-18(12-10-17)24(28)27-16-19-5-1-2-6-20(19)26-13-3-7-21(26)23(27)22-8-4-14-29-22/h1-14,23H,16H2/t23-/m1/s1. The fraction of sp³-hybridized carbons (Fsp3) is 0.0833. The van der Waals surface area contributed by atoms with E-state index in [1.54, 1.807) is 35.6 Å². The Morgan fingerprint density at radius 1 is 1.00 bits per heavy atom. The van der Waals surface area contributed by atoms with E-state index in [0.717, 1.165) is 21.8 Å². The van der Waals surface area contributed by atoms with Gasteiger partial charge in [-0.05, 0) is 59.5 Å². The summed E-state index contributed by atoms with van der Waals surface area (Å²) in [6.07, 6.45) is 2.06. The number of carbonyl (C=O) groups is 1. The van der Waals surface area contributed by atoms with Crippen LogP contribution in [0.2, 0.25) is 0 Å². The smallest absolute Gasteiger partial charge is 0.255 e. The second-order valence-electron chi connectivity index (χ2n) is 6.97. The first-order valence-corrected chi connectivity index (χ1v) is 10.2. The lowest BCUT2D eigenvalue weighted by atomic mass is 10.1. The highest BCUT2D eigenvalue weighted by molar-refractivity contribution is 7.10. The Labute approximate surface area is 172 Å². The first-order chi connectivity index (χ1) is 14.3. The molecule has 1 aliphatic rings. The zero-order valence-electron chi connectivity index (χ0n) is 15.5. The predicted molar refractivity (Wildman–Crippen MR) is 113 cm³/mol. The van der Waals surface area contributed by atoms with Crippen LogP contribution in [0, 0.1) is 11.3 Å². The van der Waals surface area contributed by atoms with Gasteiger partial charge >= 0.3 is 0 Å². The van der Waals surface area contributed by atoms with Gasteiger partial charge in [-0.15, -0.1) is 11.3 Å². The van der Waals surface area contributed by atoms with Crippen molar-refractivity contribution in [3.05, 3.63) is 112 Å². The van der Waals surface area contributed by atoms with Crippen LogP contribution >= 0.6 is 11.3 Å². The van der Waals surface area contributed by atoms with Crippen LogP contribution in [-0.4, -0.2) is 15.4 Å². The van der Waals surface area contributed by atoms with Crippen molar-refractivity contribution in [2.45, 2.75) is 12.6 Å².